The molecule has 0 heterocycles. The van der Waals surface area contributed by atoms with Gasteiger partial charge in [0.1, 0.15) is 18.3 Å². The predicted molar refractivity (Wildman–Crippen MR) is 162 cm³/mol. The number of methoxy groups -OCH3 is 1. The largest absolute Gasteiger partial charge is 0.497 e. The molecule has 1 saturated carbocycles. The lowest BCUT2D eigenvalue weighted by Gasteiger charge is -2.33. The molecule has 1 fully saturated rings. The number of benzene rings is 3. The first-order valence-electron chi connectivity index (χ1n) is 14.2. The van der Waals surface area contributed by atoms with Crippen LogP contribution in [0.4, 0.5) is 11.4 Å². The van der Waals surface area contributed by atoms with Gasteiger partial charge >= 0.3 is 0 Å². The summed E-state index contributed by atoms with van der Waals surface area (Å²) in [6.45, 7) is 1.15. The molecule has 11 nitrogen and oxygen atoms in total. The Morgan fingerprint density at radius 3 is 2.30 bits per heavy atom. The number of amides is 2. The van der Waals surface area contributed by atoms with Gasteiger partial charge in [0.25, 0.3) is 15.7 Å². The Kier molecular flexibility index (Phi) is 10.4. The molecule has 4 rings (SSSR count). The number of nitrogens with one attached hydrogen (secondary N) is 1. The number of nitro benzene ring substituents is 1. The molecule has 3 aromatic carbocycles. The number of ether oxygens (including phenoxy) is 1. The topological polar surface area (TPSA) is 139 Å². The van der Waals surface area contributed by atoms with E-state index in [9.17, 15) is 28.1 Å². The van der Waals surface area contributed by atoms with Crippen LogP contribution in [-0.4, -0.2) is 55.8 Å². The van der Waals surface area contributed by atoms with E-state index in [2.05, 4.69) is 5.32 Å². The zero-order valence-corrected chi connectivity index (χ0v) is 25.0. The Morgan fingerprint density at radius 2 is 1.70 bits per heavy atom. The fourth-order valence-electron chi connectivity index (χ4n) is 5.22. The number of nitrogens with zero attached hydrogens (tertiary/aromatic N) is 3. The van der Waals surface area contributed by atoms with Gasteiger partial charge < -0.3 is 15.0 Å². The molecular formula is C31H36N4O7S. The number of rotatable bonds is 13. The molecule has 0 saturated heterocycles. The average molecular weight is 609 g/mol. The van der Waals surface area contributed by atoms with Crippen molar-refractivity contribution in [1.82, 2.24) is 10.2 Å². The first-order chi connectivity index (χ1) is 20.6. The number of sulfonamides is 1. The summed E-state index contributed by atoms with van der Waals surface area (Å²) in [5.74, 6) is -0.308. The summed E-state index contributed by atoms with van der Waals surface area (Å²) >= 11 is 0. The summed E-state index contributed by atoms with van der Waals surface area (Å²) in [5.41, 5.74) is 0.351. The zero-order valence-electron chi connectivity index (χ0n) is 24.2. The molecule has 0 radical (unpaired) electrons. The van der Waals surface area contributed by atoms with E-state index in [0.717, 1.165) is 36.1 Å². The fraction of sp³-hybridized carbons (Fsp3) is 0.355. The highest BCUT2D eigenvalue weighted by Gasteiger charge is 2.35. The number of non-ortho nitro benzene ring substituents is 1. The average Bonchev–Trinajstić information content (AvgIpc) is 3.53. The number of carbonyl (C=O) groups is 2. The van der Waals surface area contributed by atoms with Crippen LogP contribution in [0, 0.1) is 10.1 Å². The van der Waals surface area contributed by atoms with Crippen molar-refractivity contribution in [2.24, 2.45) is 0 Å². The summed E-state index contributed by atoms with van der Waals surface area (Å²) in [5, 5.41) is 14.6. The van der Waals surface area contributed by atoms with Gasteiger partial charge in [-0.2, -0.15) is 0 Å². The lowest BCUT2D eigenvalue weighted by atomic mass is 10.1. The Bertz CT molecular complexity index is 1530. The molecule has 228 valence electrons. The minimum atomic E-state index is -4.33. The summed E-state index contributed by atoms with van der Waals surface area (Å²) in [4.78, 5) is 39.9. The second-order valence-electron chi connectivity index (χ2n) is 10.4. The van der Waals surface area contributed by atoms with Gasteiger partial charge in [0, 0.05) is 24.7 Å². The molecule has 1 unspecified atom stereocenters. The summed E-state index contributed by atoms with van der Waals surface area (Å²) in [6.07, 6.45) is 4.06. The SMILES string of the molecule is CCC(C(=O)NC1CCCC1)N(Cc1ccc(OC)cc1)C(=O)CN(c1cccc([N+](=O)[O-])c1)S(=O)(=O)c1ccccc1. The highest BCUT2D eigenvalue weighted by atomic mass is 32.2. The molecule has 43 heavy (non-hydrogen) atoms. The van der Waals surface area contributed by atoms with Crippen molar-refractivity contribution in [2.75, 3.05) is 18.0 Å². The molecule has 0 aliphatic heterocycles. The lowest BCUT2D eigenvalue weighted by molar-refractivity contribution is -0.384. The minimum Gasteiger partial charge on any atom is -0.497 e. The van der Waals surface area contributed by atoms with Crippen LogP contribution in [0.5, 0.6) is 5.75 Å². The quantitative estimate of drug-likeness (QED) is 0.220. The maximum absolute atomic E-state index is 14.2. The zero-order chi connectivity index (χ0) is 31.0. The van der Waals surface area contributed by atoms with Gasteiger partial charge in [-0.25, -0.2) is 8.42 Å². The van der Waals surface area contributed by atoms with Crippen molar-refractivity contribution in [3.05, 3.63) is 94.5 Å². The predicted octanol–water partition coefficient (Wildman–Crippen LogP) is 4.66. The lowest BCUT2D eigenvalue weighted by Crippen LogP contribution is -2.53. The number of anilines is 1. The Balaban J connectivity index is 1.73. The van der Waals surface area contributed by atoms with Crippen molar-refractivity contribution in [2.45, 2.75) is 62.6 Å². The molecule has 1 aliphatic carbocycles. The van der Waals surface area contributed by atoms with E-state index >= 15 is 0 Å². The smallest absolute Gasteiger partial charge is 0.271 e. The molecule has 2 amide bonds. The van der Waals surface area contributed by atoms with Crippen LogP contribution in [0.2, 0.25) is 0 Å². The van der Waals surface area contributed by atoms with Crippen LogP contribution in [0.25, 0.3) is 0 Å². The number of hydrogen-bond acceptors (Lipinski definition) is 7. The third kappa shape index (κ3) is 7.69. The van der Waals surface area contributed by atoms with Crippen molar-refractivity contribution in [1.29, 1.82) is 0 Å². The summed E-state index contributed by atoms with van der Waals surface area (Å²) in [6, 6.07) is 18.9. The molecule has 0 bridgehead atoms. The van der Waals surface area contributed by atoms with E-state index in [1.54, 1.807) is 56.5 Å². The van der Waals surface area contributed by atoms with E-state index < -0.39 is 33.4 Å². The normalized spacial score (nSPS) is 14.1. The van der Waals surface area contributed by atoms with E-state index in [1.165, 1.54) is 35.2 Å². The first kappa shape index (κ1) is 31.5. The van der Waals surface area contributed by atoms with E-state index in [0.29, 0.717) is 17.7 Å². The summed E-state index contributed by atoms with van der Waals surface area (Å²) < 4.78 is 33.9. The highest BCUT2D eigenvalue weighted by Crippen LogP contribution is 2.28. The van der Waals surface area contributed by atoms with Crippen molar-refractivity contribution >= 4 is 33.2 Å². The summed E-state index contributed by atoms with van der Waals surface area (Å²) in [7, 11) is -2.79. The first-order valence-corrected chi connectivity index (χ1v) is 15.6. The van der Waals surface area contributed by atoms with E-state index in [4.69, 9.17) is 4.74 Å². The van der Waals surface area contributed by atoms with Crippen LogP contribution < -0.4 is 14.4 Å². The van der Waals surface area contributed by atoms with Crippen LogP contribution in [0.3, 0.4) is 0 Å². The van der Waals surface area contributed by atoms with Gasteiger partial charge in [-0.3, -0.25) is 24.0 Å². The monoisotopic (exact) mass is 608 g/mol. The number of carbonyl (C=O) groups excluding carboxylic acids is 2. The third-order valence-corrected chi connectivity index (χ3v) is 9.33. The van der Waals surface area contributed by atoms with Crippen molar-refractivity contribution in [3.8, 4) is 5.75 Å². The molecule has 1 aliphatic rings. The standard InChI is InChI=1S/C31H36N4O7S/c1-3-29(31(37)32-24-10-7-8-11-24)33(21-23-16-18-27(42-2)19-17-23)30(36)22-34(25-12-9-13-26(20-25)35(38)39)43(40,41)28-14-5-4-6-15-28/h4-6,9,12-20,24,29H,3,7-8,10-11,21-22H2,1-2H3,(H,32,37). The molecule has 0 aromatic heterocycles. The van der Waals surface area contributed by atoms with Gasteiger partial charge in [0.05, 0.1) is 22.6 Å². The molecule has 1 atom stereocenters. The third-order valence-electron chi connectivity index (χ3n) is 7.54. The van der Waals surface area contributed by atoms with Crippen molar-refractivity contribution in [3.63, 3.8) is 0 Å². The van der Waals surface area contributed by atoms with E-state index in [1.807, 2.05) is 0 Å². The van der Waals surface area contributed by atoms with Gasteiger partial charge in [0.15, 0.2) is 0 Å². The number of hydrogen-bond donors (Lipinski definition) is 1. The minimum absolute atomic E-state index is 0.0271. The highest BCUT2D eigenvalue weighted by molar-refractivity contribution is 7.92. The number of nitro groups is 1. The van der Waals surface area contributed by atoms with Gasteiger partial charge in [-0.15, -0.1) is 0 Å². The van der Waals surface area contributed by atoms with Crippen LogP contribution in [-0.2, 0) is 26.2 Å². The van der Waals surface area contributed by atoms with Crippen LogP contribution in [0.15, 0.2) is 83.8 Å². The molecular weight excluding hydrogens is 572 g/mol. The Morgan fingerprint density at radius 1 is 1.02 bits per heavy atom. The maximum atomic E-state index is 14.2. The van der Waals surface area contributed by atoms with Gasteiger partial charge in [-0.1, -0.05) is 56.2 Å². The van der Waals surface area contributed by atoms with E-state index in [-0.39, 0.29) is 34.8 Å². The Hall–Kier alpha value is -4.45. The molecule has 1 N–H and O–H groups in total. The second kappa shape index (κ2) is 14.1. The van der Waals surface area contributed by atoms with Gasteiger partial charge in [0.2, 0.25) is 11.8 Å². The van der Waals surface area contributed by atoms with Crippen LogP contribution in [0.1, 0.15) is 44.6 Å². The Labute approximate surface area is 251 Å². The fourth-order valence-corrected chi connectivity index (χ4v) is 6.65. The van der Waals surface area contributed by atoms with Gasteiger partial charge in [-0.05, 0) is 55.2 Å². The molecule has 3 aromatic rings. The second-order valence-corrected chi connectivity index (χ2v) is 12.2. The molecule has 12 heteroatoms. The van der Waals surface area contributed by atoms with Crippen molar-refractivity contribution < 1.29 is 27.7 Å². The van der Waals surface area contributed by atoms with Crippen LogP contribution >= 0.6 is 0 Å². The maximum Gasteiger partial charge on any atom is 0.271 e. The molecule has 0 spiro atoms.